The fourth-order valence-corrected chi connectivity index (χ4v) is 4.28. The van der Waals surface area contributed by atoms with E-state index in [9.17, 15) is 8.78 Å². The molecule has 3 N–H and O–H groups in total. The Bertz CT molecular complexity index is 632. The predicted molar refractivity (Wildman–Crippen MR) is 98.4 cm³/mol. The number of rotatable bonds is 3. The molecular formula is C17H25F2N4P. The number of alkyl halides is 2. The summed E-state index contributed by atoms with van der Waals surface area (Å²) in [6.07, 6.45) is 5.73. The first-order valence-corrected chi connectivity index (χ1v) is 8.98. The number of benzene rings is 1. The average molecular weight is 354 g/mol. The van der Waals surface area contributed by atoms with Gasteiger partial charge in [-0.25, -0.2) is 0 Å². The van der Waals surface area contributed by atoms with E-state index in [0.29, 0.717) is 23.3 Å². The van der Waals surface area contributed by atoms with Gasteiger partial charge in [-0.15, -0.1) is 0 Å². The van der Waals surface area contributed by atoms with Crippen LogP contribution in [0.25, 0.3) is 0 Å². The number of piperazine rings is 1. The molecule has 1 aliphatic carbocycles. The Balaban J connectivity index is 2.06. The number of hydrogen-bond acceptors (Lipinski definition) is 4. The largest absolute Gasteiger partial charge is 0.398 e. The summed E-state index contributed by atoms with van der Waals surface area (Å²) in [5.74, 6) is 0. The molecule has 0 amide bonds. The highest BCUT2D eigenvalue weighted by molar-refractivity contribution is 7.17. The normalized spacial score (nSPS) is 25.4. The van der Waals surface area contributed by atoms with Crippen molar-refractivity contribution < 1.29 is 8.78 Å². The van der Waals surface area contributed by atoms with Gasteiger partial charge in [-0.2, -0.15) is 8.78 Å². The molecule has 132 valence electrons. The Kier molecular flexibility index (Phi) is 4.80. The molecule has 1 saturated carbocycles. The number of fused-ring (bicyclic) bond motifs is 1. The first-order valence-electron chi connectivity index (χ1n) is 8.41. The van der Waals surface area contributed by atoms with Gasteiger partial charge < -0.3 is 16.0 Å². The number of halogens is 2. The molecule has 1 heterocycles. The molecule has 24 heavy (non-hydrogen) atoms. The summed E-state index contributed by atoms with van der Waals surface area (Å²) < 4.78 is 27.7. The Hall–Kier alpha value is -1.26. The second kappa shape index (κ2) is 6.57. The van der Waals surface area contributed by atoms with Crippen molar-refractivity contribution in [2.75, 3.05) is 30.8 Å². The highest BCUT2D eigenvalue weighted by atomic mass is 31.0. The fourth-order valence-electron chi connectivity index (χ4n) is 4.11. The first kappa shape index (κ1) is 17.6. The Labute approximate surface area is 144 Å². The molecule has 2 fully saturated rings. The van der Waals surface area contributed by atoms with Gasteiger partial charge in [-0.1, -0.05) is 22.1 Å². The van der Waals surface area contributed by atoms with Gasteiger partial charge >= 0.3 is 0 Å². The lowest BCUT2D eigenvalue weighted by molar-refractivity contribution is 0.104. The molecule has 4 nitrogen and oxygen atoms in total. The third-order valence-electron chi connectivity index (χ3n) is 5.38. The van der Waals surface area contributed by atoms with E-state index in [1.807, 2.05) is 0 Å². The molecule has 0 spiro atoms. The van der Waals surface area contributed by atoms with Crippen molar-refractivity contribution in [2.45, 2.75) is 43.4 Å². The van der Waals surface area contributed by atoms with E-state index >= 15 is 0 Å². The molecule has 0 aromatic heterocycles. The van der Waals surface area contributed by atoms with Crippen LogP contribution in [0.15, 0.2) is 12.1 Å². The van der Waals surface area contributed by atoms with E-state index in [4.69, 9.17) is 11.1 Å². The molecule has 3 unspecified atom stereocenters. The van der Waals surface area contributed by atoms with Crippen LogP contribution in [-0.4, -0.2) is 43.3 Å². The predicted octanol–water partition coefficient (Wildman–Crippen LogP) is 3.25. The minimum Gasteiger partial charge on any atom is -0.398 e. The van der Waals surface area contributed by atoms with Gasteiger partial charge in [0.05, 0.1) is 0 Å². The topological polar surface area (TPSA) is 56.4 Å². The van der Waals surface area contributed by atoms with Crippen molar-refractivity contribution in [1.29, 1.82) is 5.41 Å². The van der Waals surface area contributed by atoms with Gasteiger partial charge in [0, 0.05) is 53.9 Å². The third kappa shape index (κ3) is 3.14. The van der Waals surface area contributed by atoms with Crippen LogP contribution < -0.4 is 10.6 Å². The number of likely N-dealkylation sites (N-methyl/N-ethyl adjacent to an activating group) is 1. The lowest BCUT2D eigenvalue weighted by atomic mass is 9.85. The quantitative estimate of drug-likeness (QED) is 0.498. The Morgan fingerprint density at radius 2 is 1.92 bits per heavy atom. The lowest BCUT2D eigenvalue weighted by Gasteiger charge is -2.50. The average Bonchev–Trinajstić information content (AvgIpc) is 2.54. The first-order chi connectivity index (χ1) is 11.3. The molecule has 1 saturated heterocycles. The summed E-state index contributed by atoms with van der Waals surface area (Å²) in [6.45, 7) is 1.66. The summed E-state index contributed by atoms with van der Waals surface area (Å²) in [6, 6.07) is 3.53. The molecule has 2 aliphatic rings. The summed E-state index contributed by atoms with van der Waals surface area (Å²) in [5.41, 5.74) is 4.32. The molecule has 3 rings (SSSR count). The highest BCUT2D eigenvalue weighted by Gasteiger charge is 2.38. The smallest absolute Gasteiger partial charge is 0.284 e. The van der Waals surface area contributed by atoms with Gasteiger partial charge in [0.25, 0.3) is 5.66 Å². The zero-order valence-corrected chi connectivity index (χ0v) is 15.1. The molecular weight excluding hydrogens is 329 g/mol. The molecule has 1 aliphatic heterocycles. The molecule has 0 bridgehead atoms. The van der Waals surface area contributed by atoms with E-state index in [-0.39, 0.29) is 11.3 Å². The zero-order valence-electron chi connectivity index (χ0n) is 13.9. The van der Waals surface area contributed by atoms with E-state index in [0.717, 1.165) is 32.4 Å². The van der Waals surface area contributed by atoms with Gasteiger partial charge in [0.2, 0.25) is 0 Å². The number of nitrogens with two attached hydrogens (primary N) is 1. The fraction of sp³-hybridized carbons (Fsp3) is 0.588. The summed E-state index contributed by atoms with van der Waals surface area (Å²) in [5, 5.41) is 7.71. The molecule has 1 aromatic rings. The monoisotopic (exact) mass is 354 g/mol. The molecule has 3 atom stereocenters. The number of nitrogens with one attached hydrogen (secondary N) is 1. The van der Waals surface area contributed by atoms with Crippen LogP contribution in [0.2, 0.25) is 0 Å². The van der Waals surface area contributed by atoms with Crippen molar-refractivity contribution in [3.05, 3.63) is 23.3 Å². The zero-order chi connectivity index (χ0) is 17.5. The van der Waals surface area contributed by atoms with Crippen LogP contribution in [-0.2, 0) is 5.66 Å². The second-order valence-electron chi connectivity index (χ2n) is 6.86. The maximum absolute atomic E-state index is 13.8. The molecule has 1 aromatic carbocycles. The highest BCUT2D eigenvalue weighted by Crippen LogP contribution is 2.41. The van der Waals surface area contributed by atoms with Gasteiger partial charge in [-0.3, -0.25) is 4.90 Å². The van der Waals surface area contributed by atoms with Crippen LogP contribution in [0.5, 0.6) is 0 Å². The van der Waals surface area contributed by atoms with Crippen molar-refractivity contribution in [2.24, 2.45) is 0 Å². The van der Waals surface area contributed by atoms with Crippen molar-refractivity contribution >= 4 is 26.8 Å². The minimum atomic E-state index is -3.03. The lowest BCUT2D eigenvalue weighted by Crippen LogP contribution is -2.59. The number of nitrogen functional groups attached to an aromatic ring is 1. The van der Waals surface area contributed by atoms with Gasteiger partial charge in [0.1, 0.15) is 0 Å². The Morgan fingerprint density at radius 1 is 1.25 bits per heavy atom. The maximum atomic E-state index is 13.8. The Morgan fingerprint density at radius 3 is 2.54 bits per heavy atom. The van der Waals surface area contributed by atoms with Crippen LogP contribution in [0, 0.1) is 5.41 Å². The molecule has 7 heteroatoms. The van der Waals surface area contributed by atoms with Crippen molar-refractivity contribution in [3.63, 3.8) is 0 Å². The summed E-state index contributed by atoms with van der Waals surface area (Å²) >= 11 is 0. The maximum Gasteiger partial charge on any atom is 0.284 e. The van der Waals surface area contributed by atoms with Gasteiger partial charge in [-0.05, 0) is 32.0 Å². The van der Waals surface area contributed by atoms with Crippen molar-refractivity contribution in [1.82, 2.24) is 4.90 Å². The van der Waals surface area contributed by atoms with Crippen LogP contribution in [0.3, 0.4) is 0 Å². The SMILES string of the molecule is CN1CCN(c2cc(C(F)(F)P)cc(N)c2C=N)C2CCCCC21. The van der Waals surface area contributed by atoms with E-state index in [1.54, 1.807) is 9.24 Å². The van der Waals surface area contributed by atoms with Gasteiger partial charge in [0.15, 0.2) is 0 Å². The number of hydrogen-bond donors (Lipinski definition) is 2. The van der Waals surface area contributed by atoms with E-state index in [1.165, 1.54) is 24.8 Å². The van der Waals surface area contributed by atoms with E-state index in [2.05, 4.69) is 16.8 Å². The number of nitrogens with zero attached hydrogens (tertiary/aromatic N) is 2. The van der Waals surface area contributed by atoms with Crippen LogP contribution in [0.1, 0.15) is 36.8 Å². The third-order valence-corrected chi connectivity index (χ3v) is 5.72. The standard InChI is InChI=1S/C17H25F2N4P/c1-22-6-7-23(15-5-3-2-4-14(15)22)16-9-11(17(18,19)24)8-13(21)12(16)10-20/h8-10,14-15,20H,2-7,21,24H2,1H3. The van der Waals surface area contributed by atoms with Crippen LogP contribution in [0.4, 0.5) is 20.2 Å². The minimum absolute atomic E-state index is 0.114. The second-order valence-corrected chi connectivity index (χ2v) is 7.58. The molecule has 0 radical (unpaired) electrons. The summed E-state index contributed by atoms with van der Waals surface area (Å²) in [4.78, 5) is 4.59. The van der Waals surface area contributed by atoms with Crippen LogP contribution >= 0.6 is 9.24 Å². The summed E-state index contributed by atoms with van der Waals surface area (Å²) in [7, 11) is 3.71. The number of anilines is 2. The van der Waals surface area contributed by atoms with E-state index < -0.39 is 5.66 Å². The van der Waals surface area contributed by atoms with Crippen molar-refractivity contribution in [3.8, 4) is 0 Å².